The van der Waals surface area contributed by atoms with Gasteiger partial charge in [-0.1, -0.05) is 18.2 Å². The van der Waals surface area contributed by atoms with E-state index < -0.39 is 10.5 Å². The Labute approximate surface area is 181 Å². The van der Waals surface area contributed by atoms with Crippen LogP contribution in [0.1, 0.15) is 36.0 Å². The number of carbonyl (C=O) groups excluding carboxylic acids is 2. The van der Waals surface area contributed by atoms with Gasteiger partial charge >= 0.3 is 0 Å². The number of nitrogens with zero attached hydrogens (tertiary/aromatic N) is 3. The summed E-state index contributed by atoms with van der Waals surface area (Å²) in [5.74, 6) is 0.0955. The summed E-state index contributed by atoms with van der Waals surface area (Å²) < 4.78 is 0. The number of carbonyl (C=O) groups is 2. The molecule has 1 amide bonds. The van der Waals surface area contributed by atoms with Crippen molar-refractivity contribution in [1.29, 1.82) is 0 Å². The van der Waals surface area contributed by atoms with Crippen LogP contribution in [0.25, 0.3) is 0 Å². The van der Waals surface area contributed by atoms with Crippen LogP contribution in [0.2, 0.25) is 0 Å². The van der Waals surface area contributed by atoms with Crippen molar-refractivity contribution in [3.8, 4) is 0 Å². The molecule has 8 heteroatoms. The Hall–Kier alpha value is -3.26. The van der Waals surface area contributed by atoms with E-state index in [1.165, 1.54) is 24.3 Å². The average molecular weight is 422 g/mol. The SMILES string of the molecule is O=C(CCCN1CCC2(CC1)C(=O)NCN2c1ccccc1)c1ccc([N+](=O)[O-])cc1. The normalized spacial score (nSPS) is 18.2. The van der Waals surface area contributed by atoms with Gasteiger partial charge in [0.05, 0.1) is 11.6 Å². The Morgan fingerprint density at radius 2 is 1.74 bits per heavy atom. The maximum Gasteiger partial charge on any atom is 0.269 e. The zero-order chi connectivity index (χ0) is 21.8. The number of ketones is 1. The number of non-ortho nitro benzene ring substituents is 1. The van der Waals surface area contributed by atoms with Crippen molar-refractivity contribution in [2.24, 2.45) is 0 Å². The quantitative estimate of drug-likeness (QED) is 0.419. The second-order valence-corrected chi connectivity index (χ2v) is 8.13. The fraction of sp³-hybridized carbons (Fsp3) is 0.391. The van der Waals surface area contributed by atoms with Crippen LogP contribution >= 0.6 is 0 Å². The van der Waals surface area contributed by atoms with E-state index in [4.69, 9.17) is 0 Å². The first-order valence-corrected chi connectivity index (χ1v) is 10.6. The minimum atomic E-state index is -0.494. The van der Waals surface area contributed by atoms with Crippen LogP contribution in [0.4, 0.5) is 11.4 Å². The molecule has 0 radical (unpaired) electrons. The van der Waals surface area contributed by atoms with Crippen molar-refractivity contribution in [3.63, 3.8) is 0 Å². The van der Waals surface area contributed by atoms with Crippen molar-refractivity contribution >= 4 is 23.1 Å². The Kier molecular flexibility index (Phi) is 5.99. The highest BCUT2D eigenvalue weighted by Crippen LogP contribution is 2.36. The maximum atomic E-state index is 12.7. The molecule has 2 fully saturated rings. The zero-order valence-electron chi connectivity index (χ0n) is 17.3. The monoisotopic (exact) mass is 422 g/mol. The Balaban J connectivity index is 1.28. The fourth-order valence-electron chi connectivity index (χ4n) is 4.56. The number of piperidine rings is 1. The predicted octanol–water partition coefficient (Wildman–Crippen LogP) is 2.99. The van der Waals surface area contributed by atoms with Gasteiger partial charge in [-0.2, -0.15) is 0 Å². The lowest BCUT2D eigenvalue weighted by Crippen LogP contribution is -2.56. The first-order chi connectivity index (χ1) is 15.0. The molecule has 0 bridgehead atoms. The number of amides is 1. The third-order valence-electron chi connectivity index (χ3n) is 6.37. The van der Waals surface area contributed by atoms with Crippen LogP contribution < -0.4 is 10.2 Å². The minimum Gasteiger partial charge on any atom is -0.339 e. The maximum absolute atomic E-state index is 12.7. The van der Waals surface area contributed by atoms with Gasteiger partial charge in [0.15, 0.2) is 5.78 Å². The van der Waals surface area contributed by atoms with Gasteiger partial charge in [-0.05, 0) is 50.1 Å². The third kappa shape index (κ3) is 4.29. The highest BCUT2D eigenvalue weighted by molar-refractivity contribution is 5.96. The van der Waals surface area contributed by atoms with Crippen molar-refractivity contribution in [1.82, 2.24) is 10.2 Å². The topological polar surface area (TPSA) is 95.8 Å². The molecule has 1 N–H and O–H groups in total. The number of hydrogen-bond donors (Lipinski definition) is 1. The lowest BCUT2D eigenvalue weighted by Gasteiger charge is -2.43. The number of benzene rings is 2. The highest BCUT2D eigenvalue weighted by atomic mass is 16.6. The largest absolute Gasteiger partial charge is 0.339 e. The van der Waals surface area contributed by atoms with Crippen LogP contribution in [-0.2, 0) is 4.79 Å². The lowest BCUT2D eigenvalue weighted by atomic mass is 9.85. The Morgan fingerprint density at radius 1 is 1.06 bits per heavy atom. The standard InChI is InChI=1S/C23H26N4O4/c28-21(18-8-10-20(11-9-18)27(30)31)7-4-14-25-15-12-23(13-16-25)22(29)24-17-26(23)19-5-2-1-3-6-19/h1-3,5-6,8-11H,4,7,12-17H2,(H,24,29). The minimum absolute atomic E-state index is 0.00574. The number of para-hydroxylation sites is 1. The molecule has 0 atom stereocenters. The van der Waals surface area contributed by atoms with Crippen LogP contribution in [0.15, 0.2) is 54.6 Å². The Bertz CT molecular complexity index is 953. The molecule has 0 aromatic heterocycles. The lowest BCUT2D eigenvalue weighted by molar-refractivity contribution is -0.384. The van der Waals surface area contributed by atoms with Gasteiger partial charge < -0.3 is 15.1 Å². The highest BCUT2D eigenvalue weighted by Gasteiger charge is 2.50. The van der Waals surface area contributed by atoms with E-state index in [9.17, 15) is 19.7 Å². The molecule has 0 unspecified atom stereocenters. The summed E-state index contributed by atoms with van der Waals surface area (Å²) in [6.07, 6.45) is 2.63. The van der Waals surface area contributed by atoms with Crippen LogP contribution in [-0.4, -0.2) is 53.4 Å². The second kappa shape index (κ2) is 8.85. The molecule has 2 heterocycles. The molecule has 2 aromatic rings. The van der Waals surface area contributed by atoms with Gasteiger partial charge in [0.25, 0.3) is 5.69 Å². The molecule has 0 aliphatic carbocycles. The summed E-state index contributed by atoms with van der Waals surface area (Å²) in [7, 11) is 0. The van der Waals surface area contributed by atoms with Gasteiger partial charge in [-0.3, -0.25) is 19.7 Å². The summed E-state index contributed by atoms with van der Waals surface area (Å²) in [5, 5.41) is 13.7. The predicted molar refractivity (Wildman–Crippen MR) is 117 cm³/mol. The van der Waals surface area contributed by atoms with Gasteiger partial charge in [0.1, 0.15) is 5.54 Å². The van der Waals surface area contributed by atoms with Gasteiger partial charge in [-0.15, -0.1) is 0 Å². The summed E-state index contributed by atoms with van der Waals surface area (Å²) in [4.78, 5) is 39.8. The first-order valence-electron chi connectivity index (χ1n) is 10.6. The van der Waals surface area contributed by atoms with Crippen molar-refractivity contribution < 1.29 is 14.5 Å². The van der Waals surface area contributed by atoms with Crippen LogP contribution in [0.3, 0.4) is 0 Å². The molecule has 8 nitrogen and oxygen atoms in total. The van der Waals surface area contributed by atoms with Crippen LogP contribution in [0, 0.1) is 10.1 Å². The van der Waals surface area contributed by atoms with Crippen molar-refractivity contribution in [3.05, 3.63) is 70.3 Å². The molecule has 2 aliphatic rings. The number of hydrogen-bond acceptors (Lipinski definition) is 6. The third-order valence-corrected chi connectivity index (χ3v) is 6.37. The number of nitro benzene ring substituents is 1. The van der Waals surface area contributed by atoms with Gasteiger partial charge in [0, 0.05) is 42.9 Å². The number of anilines is 1. The fourth-order valence-corrected chi connectivity index (χ4v) is 4.56. The molecule has 4 rings (SSSR count). The Morgan fingerprint density at radius 3 is 2.39 bits per heavy atom. The first kappa shape index (κ1) is 21.0. The molecule has 2 aromatic carbocycles. The molecule has 2 aliphatic heterocycles. The molecule has 2 saturated heterocycles. The molecular weight excluding hydrogens is 396 g/mol. The van der Waals surface area contributed by atoms with E-state index in [2.05, 4.69) is 15.1 Å². The van der Waals surface area contributed by atoms with E-state index in [1.807, 2.05) is 30.3 Å². The number of rotatable bonds is 7. The van der Waals surface area contributed by atoms with Gasteiger partial charge in [-0.25, -0.2) is 0 Å². The van der Waals surface area contributed by atoms with E-state index in [1.54, 1.807) is 0 Å². The summed E-state index contributed by atoms with van der Waals surface area (Å²) >= 11 is 0. The molecule has 162 valence electrons. The van der Waals surface area contributed by atoms with Gasteiger partial charge in [0.2, 0.25) is 5.91 Å². The second-order valence-electron chi connectivity index (χ2n) is 8.13. The number of Topliss-reactive ketones (excluding diaryl/α,β-unsaturated/α-hetero) is 1. The van der Waals surface area contributed by atoms with E-state index in [-0.39, 0.29) is 17.4 Å². The van der Waals surface area contributed by atoms with Crippen molar-refractivity contribution in [2.75, 3.05) is 31.2 Å². The van der Waals surface area contributed by atoms with E-state index >= 15 is 0 Å². The molecule has 31 heavy (non-hydrogen) atoms. The van der Waals surface area contributed by atoms with Crippen molar-refractivity contribution in [2.45, 2.75) is 31.2 Å². The number of likely N-dealkylation sites (tertiary alicyclic amines) is 1. The summed E-state index contributed by atoms with van der Waals surface area (Å²) in [6, 6.07) is 15.8. The summed E-state index contributed by atoms with van der Waals surface area (Å²) in [5.41, 5.74) is 1.05. The van der Waals surface area contributed by atoms with E-state index in [0.29, 0.717) is 18.7 Å². The molecule has 1 spiro atoms. The molecular formula is C23H26N4O4. The zero-order valence-corrected chi connectivity index (χ0v) is 17.3. The summed E-state index contributed by atoms with van der Waals surface area (Å²) in [6.45, 7) is 2.94. The van der Waals surface area contributed by atoms with Crippen LogP contribution in [0.5, 0.6) is 0 Å². The number of nitro groups is 1. The average Bonchev–Trinajstić information content (AvgIpc) is 3.11. The van der Waals surface area contributed by atoms with E-state index in [0.717, 1.165) is 44.6 Å². The molecule has 0 saturated carbocycles. The smallest absolute Gasteiger partial charge is 0.269 e. The number of nitrogens with one attached hydrogen (secondary N) is 1.